The largest absolute Gasteiger partial charge is 0.495 e. The molecule has 0 N–H and O–H groups in total. The highest BCUT2D eigenvalue weighted by atomic mass is 32.1. The van der Waals surface area contributed by atoms with Gasteiger partial charge in [0.25, 0.3) is 0 Å². The lowest BCUT2D eigenvalue weighted by Gasteiger charge is -2.05. The van der Waals surface area contributed by atoms with Crippen LogP contribution in [0.15, 0.2) is 23.8 Å². The number of ether oxygens (including phenoxy) is 1. The van der Waals surface area contributed by atoms with Crippen molar-refractivity contribution in [2.45, 2.75) is 26.3 Å². The summed E-state index contributed by atoms with van der Waals surface area (Å²) in [5, 5.41) is 1.87. The number of rotatable bonds is 6. The average Bonchev–Trinajstić information content (AvgIpc) is 2.98. The highest BCUT2D eigenvalue weighted by molar-refractivity contribution is 7.12. The molecule has 0 radical (unpaired) electrons. The van der Waals surface area contributed by atoms with Crippen LogP contribution in [0.25, 0.3) is 0 Å². The molecule has 96 valence electrons. The van der Waals surface area contributed by atoms with Gasteiger partial charge in [-0.2, -0.15) is 0 Å². The SMILES string of the molecule is CCCn1ccnc1CC(=O)c1sccc1OC. The molecule has 0 fully saturated rings. The molecule has 0 aromatic carbocycles. The van der Waals surface area contributed by atoms with E-state index < -0.39 is 0 Å². The molecule has 0 aliphatic rings. The number of ketones is 1. The zero-order valence-corrected chi connectivity index (χ0v) is 11.4. The lowest BCUT2D eigenvalue weighted by atomic mass is 10.2. The fourth-order valence-electron chi connectivity index (χ4n) is 1.84. The topological polar surface area (TPSA) is 44.1 Å². The Hall–Kier alpha value is -1.62. The molecule has 0 spiro atoms. The minimum absolute atomic E-state index is 0.0606. The van der Waals surface area contributed by atoms with Crippen LogP contribution in [0.1, 0.15) is 28.8 Å². The van der Waals surface area contributed by atoms with Gasteiger partial charge in [0.1, 0.15) is 16.5 Å². The summed E-state index contributed by atoms with van der Waals surface area (Å²) in [4.78, 5) is 17.1. The van der Waals surface area contributed by atoms with Crippen molar-refractivity contribution < 1.29 is 9.53 Å². The molecule has 5 heteroatoms. The molecule has 2 aromatic heterocycles. The molecule has 0 amide bonds. The number of thiophene rings is 1. The molecule has 0 bridgehead atoms. The van der Waals surface area contributed by atoms with Crippen molar-refractivity contribution in [1.82, 2.24) is 9.55 Å². The minimum atomic E-state index is 0.0606. The third kappa shape index (κ3) is 2.61. The Morgan fingerprint density at radius 2 is 2.39 bits per heavy atom. The van der Waals surface area contributed by atoms with E-state index >= 15 is 0 Å². The number of imidazole rings is 1. The summed E-state index contributed by atoms with van der Waals surface area (Å²) < 4.78 is 7.19. The van der Waals surface area contributed by atoms with Gasteiger partial charge in [-0.25, -0.2) is 4.98 Å². The monoisotopic (exact) mass is 264 g/mol. The first-order valence-electron chi connectivity index (χ1n) is 5.91. The first-order valence-corrected chi connectivity index (χ1v) is 6.79. The first-order chi connectivity index (χ1) is 8.76. The van der Waals surface area contributed by atoms with Gasteiger partial charge in [-0.15, -0.1) is 11.3 Å². The smallest absolute Gasteiger partial charge is 0.184 e. The maximum absolute atomic E-state index is 12.2. The summed E-state index contributed by atoms with van der Waals surface area (Å²) in [6.07, 6.45) is 5.01. The van der Waals surface area contributed by atoms with Gasteiger partial charge >= 0.3 is 0 Å². The van der Waals surface area contributed by atoms with Gasteiger partial charge in [-0.3, -0.25) is 4.79 Å². The van der Waals surface area contributed by atoms with Crippen LogP contribution >= 0.6 is 11.3 Å². The predicted molar refractivity (Wildman–Crippen MR) is 71.4 cm³/mol. The zero-order valence-electron chi connectivity index (χ0n) is 10.5. The van der Waals surface area contributed by atoms with Gasteiger partial charge in [0.2, 0.25) is 0 Å². The van der Waals surface area contributed by atoms with Crippen molar-refractivity contribution in [3.05, 3.63) is 34.5 Å². The highest BCUT2D eigenvalue weighted by Crippen LogP contribution is 2.25. The van der Waals surface area contributed by atoms with Crippen LogP contribution in [0.5, 0.6) is 5.75 Å². The fraction of sp³-hybridized carbons (Fsp3) is 0.385. The van der Waals surface area contributed by atoms with Crippen LogP contribution in [0.2, 0.25) is 0 Å². The summed E-state index contributed by atoms with van der Waals surface area (Å²) in [5.41, 5.74) is 0. The van der Waals surface area contributed by atoms with Crippen molar-refractivity contribution in [2.75, 3.05) is 7.11 Å². The second-order valence-electron chi connectivity index (χ2n) is 3.95. The van der Waals surface area contributed by atoms with Gasteiger partial charge in [0.15, 0.2) is 5.78 Å². The molecule has 0 unspecified atom stereocenters. The number of hydrogen-bond donors (Lipinski definition) is 0. The summed E-state index contributed by atoms with van der Waals surface area (Å²) in [6, 6.07) is 1.82. The molecule has 2 rings (SSSR count). The molecule has 2 aromatic rings. The van der Waals surface area contributed by atoms with E-state index in [9.17, 15) is 4.79 Å². The third-order valence-corrected chi connectivity index (χ3v) is 3.62. The quantitative estimate of drug-likeness (QED) is 0.754. The second kappa shape index (κ2) is 5.82. The van der Waals surface area contributed by atoms with Crippen LogP contribution in [-0.4, -0.2) is 22.4 Å². The molecular weight excluding hydrogens is 248 g/mol. The lowest BCUT2D eigenvalue weighted by Crippen LogP contribution is -2.09. The molecule has 0 aliphatic heterocycles. The second-order valence-corrected chi connectivity index (χ2v) is 4.87. The summed E-state index contributed by atoms with van der Waals surface area (Å²) in [7, 11) is 1.58. The molecular formula is C13H16N2O2S. The summed E-state index contributed by atoms with van der Waals surface area (Å²) in [5.74, 6) is 1.53. The number of aryl methyl sites for hydroxylation is 1. The van der Waals surface area contributed by atoms with Crippen molar-refractivity contribution in [2.24, 2.45) is 0 Å². The van der Waals surface area contributed by atoms with E-state index in [1.807, 2.05) is 22.2 Å². The highest BCUT2D eigenvalue weighted by Gasteiger charge is 2.16. The van der Waals surface area contributed by atoms with E-state index in [1.165, 1.54) is 11.3 Å². The number of carbonyl (C=O) groups is 1. The van der Waals surface area contributed by atoms with Gasteiger partial charge < -0.3 is 9.30 Å². The number of methoxy groups -OCH3 is 1. The number of hydrogen-bond acceptors (Lipinski definition) is 4. The predicted octanol–water partition coefficient (Wildman–Crippen LogP) is 2.79. The molecule has 0 atom stereocenters. The van der Waals surface area contributed by atoms with E-state index in [2.05, 4.69) is 11.9 Å². The maximum atomic E-state index is 12.2. The molecule has 18 heavy (non-hydrogen) atoms. The Bertz CT molecular complexity index is 531. The zero-order chi connectivity index (χ0) is 13.0. The molecule has 0 aliphatic carbocycles. The third-order valence-electron chi connectivity index (χ3n) is 2.69. The maximum Gasteiger partial charge on any atom is 0.184 e. The Labute approximate surface area is 110 Å². The van der Waals surface area contributed by atoms with Crippen molar-refractivity contribution >= 4 is 17.1 Å². The van der Waals surface area contributed by atoms with Gasteiger partial charge in [-0.1, -0.05) is 6.92 Å². The van der Waals surface area contributed by atoms with Crippen molar-refractivity contribution in [1.29, 1.82) is 0 Å². The minimum Gasteiger partial charge on any atom is -0.495 e. The van der Waals surface area contributed by atoms with E-state index in [0.717, 1.165) is 18.8 Å². The number of nitrogens with zero attached hydrogens (tertiary/aromatic N) is 2. The van der Waals surface area contributed by atoms with Crippen LogP contribution in [0.4, 0.5) is 0 Å². The molecule has 2 heterocycles. The van der Waals surface area contributed by atoms with Gasteiger partial charge in [-0.05, 0) is 17.9 Å². The number of aromatic nitrogens is 2. The van der Waals surface area contributed by atoms with Gasteiger partial charge in [0.05, 0.1) is 13.5 Å². The van der Waals surface area contributed by atoms with E-state index in [1.54, 1.807) is 13.3 Å². The summed E-state index contributed by atoms with van der Waals surface area (Å²) >= 11 is 1.41. The van der Waals surface area contributed by atoms with Gasteiger partial charge in [0, 0.05) is 18.9 Å². The van der Waals surface area contributed by atoms with E-state index in [4.69, 9.17) is 4.74 Å². The Morgan fingerprint density at radius 1 is 1.56 bits per heavy atom. The molecule has 0 saturated heterocycles. The Morgan fingerprint density at radius 3 is 3.11 bits per heavy atom. The Balaban J connectivity index is 2.14. The summed E-state index contributed by atoms with van der Waals surface area (Å²) in [6.45, 7) is 3.00. The van der Waals surface area contributed by atoms with Crippen molar-refractivity contribution in [3.8, 4) is 5.75 Å². The van der Waals surface area contributed by atoms with Crippen LogP contribution in [0, 0.1) is 0 Å². The van der Waals surface area contributed by atoms with E-state index in [0.29, 0.717) is 17.0 Å². The number of carbonyl (C=O) groups excluding carboxylic acids is 1. The lowest BCUT2D eigenvalue weighted by molar-refractivity contribution is 0.0991. The van der Waals surface area contributed by atoms with Crippen LogP contribution in [0.3, 0.4) is 0 Å². The first kappa shape index (κ1) is 12.8. The standard InChI is InChI=1S/C13H16N2O2S/c1-3-6-15-7-5-14-12(15)9-10(16)13-11(17-2)4-8-18-13/h4-5,7-8H,3,6,9H2,1-2H3. The van der Waals surface area contributed by atoms with Crippen molar-refractivity contribution in [3.63, 3.8) is 0 Å². The van der Waals surface area contributed by atoms with Crippen LogP contribution in [-0.2, 0) is 13.0 Å². The fourth-order valence-corrected chi connectivity index (χ4v) is 2.64. The molecule has 4 nitrogen and oxygen atoms in total. The average molecular weight is 264 g/mol. The molecule has 0 saturated carbocycles. The van der Waals surface area contributed by atoms with Crippen LogP contribution < -0.4 is 4.74 Å². The Kier molecular flexibility index (Phi) is 4.15. The van der Waals surface area contributed by atoms with E-state index in [-0.39, 0.29) is 5.78 Å². The number of Topliss-reactive ketones (excluding diaryl/α,β-unsaturated/α-hetero) is 1. The normalized spacial score (nSPS) is 10.6.